The van der Waals surface area contributed by atoms with Crippen LogP contribution in [0, 0.1) is 0 Å². The zero-order chi connectivity index (χ0) is 22.5. The van der Waals surface area contributed by atoms with E-state index in [1.54, 1.807) is 37.3 Å². The van der Waals surface area contributed by atoms with Gasteiger partial charge in [0.2, 0.25) is 5.88 Å². The molecule has 0 unspecified atom stereocenters. The summed E-state index contributed by atoms with van der Waals surface area (Å²) in [4.78, 5) is 35.7. The highest BCUT2D eigenvalue weighted by atomic mass is 35.5. The number of nitrogens with zero attached hydrogens (tertiary/aromatic N) is 2. The van der Waals surface area contributed by atoms with Crippen molar-refractivity contribution in [2.75, 3.05) is 11.9 Å². The van der Waals surface area contributed by atoms with E-state index >= 15 is 0 Å². The number of anilines is 1. The van der Waals surface area contributed by atoms with Crippen molar-refractivity contribution in [2.45, 2.75) is 26.2 Å². The number of rotatable bonds is 7. The summed E-state index contributed by atoms with van der Waals surface area (Å²) in [5.74, 6) is 0.308. The van der Waals surface area contributed by atoms with Crippen molar-refractivity contribution in [3.63, 3.8) is 0 Å². The Morgan fingerprint density at radius 3 is 2.84 bits per heavy atom. The van der Waals surface area contributed by atoms with Crippen molar-refractivity contribution in [1.29, 1.82) is 0 Å². The molecular weight excluding hydrogens is 432 g/mol. The molecule has 0 saturated carbocycles. The van der Waals surface area contributed by atoms with Crippen LogP contribution in [0.1, 0.15) is 40.9 Å². The Hall–Kier alpha value is -3.65. The number of pyridine rings is 1. The van der Waals surface area contributed by atoms with Gasteiger partial charge >= 0.3 is 5.97 Å². The van der Waals surface area contributed by atoms with Gasteiger partial charge in [0.05, 0.1) is 35.6 Å². The zero-order valence-corrected chi connectivity index (χ0v) is 18.1. The zero-order valence-electron chi connectivity index (χ0n) is 17.4. The number of allylic oxidation sites excluding steroid dienone is 1. The molecule has 1 aliphatic carbocycles. The minimum absolute atomic E-state index is 0.134. The van der Waals surface area contributed by atoms with Crippen LogP contribution in [0.25, 0.3) is 6.08 Å². The number of nitrogens with one attached hydrogen (secondary N) is 2. The monoisotopic (exact) mass is 452 g/mol. The van der Waals surface area contributed by atoms with Crippen molar-refractivity contribution >= 4 is 35.2 Å². The Morgan fingerprint density at radius 2 is 2.12 bits per heavy atom. The fourth-order valence-corrected chi connectivity index (χ4v) is 3.46. The first-order valence-corrected chi connectivity index (χ1v) is 10.5. The number of hydrogen-bond donors (Lipinski definition) is 2. The molecule has 1 aromatic carbocycles. The van der Waals surface area contributed by atoms with E-state index in [0.29, 0.717) is 28.9 Å². The molecule has 0 saturated heterocycles. The highest BCUT2D eigenvalue weighted by Crippen LogP contribution is 2.30. The third-order valence-corrected chi connectivity index (χ3v) is 5.02. The smallest absolute Gasteiger partial charge is 0.310 e. The molecule has 2 heterocycles. The normalized spacial score (nSPS) is 12.2. The lowest BCUT2D eigenvalue weighted by Crippen LogP contribution is -2.14. The second-order valence-corrected chi connectivity index (χ2v) is 7.49. The molecule has 164 valence electrons. The second kappa shape index (κ2) is 9.65. The van der Waals surface area contributed by atoms with E-state index in [4.69, 9.17) is 21.1 Å². The van der Waals surface area contributed by atoms with E-state index in [-0.39, 0.29) is 24.1 Å². The molecule has 9 heteroatoms. The summed E-state index contributed by atoms with van der Waals surface area (Å²) in [5.41, 5.74) is 2.99. The maximum absolute atomic E-state index is 12.5. The number of aromatic amines is 1. The molecule has 4 rings (SSSR count). The van der Waals surface area contributed by atoms with Gasteiger partial charge < -0.3 is 19.8 Å². The van der Waals surface area contributed by atoms with Crippen LogP contribution in [-0.4, -0.2) is 33.4 Å². The highest BCUT2D eigenvalue weighted by molar-refractivity contribution is 6.32. The summed E-state index contributed by atoms with van der Waals surface area (Å²) in [5, 5.41) is 3.11. The topological polar surface area (TPSA) is 106 Å². The minimum atomic E-state index is -0.344. The quantitative estimate of drug-likeness (QED) is 0.509. The number of hydrogen-bond acceptors (Lipinski definition) is 6. The van der Waals surface area contributed by atoms with Gasteiger partial charge in [0.25, 0.3) is 5.91 Å². The molecule has 0 fully saturated rings. The molecule has 0 radical (unpaired) electrons. The van der Waals surface area contributed by atoms with E-state index in [2.05, 4.69) is 20.3 Å². The first-order valence-electron chi connectivity index (χ1n) is 10.2. The Kier molecular flexibility index (Phi) is 6.51. The molecule has 32 heavy (non-hydrogen) atoms. The number of ether oxygens (including phenoxy) is 2. The predicted octanol–water partition coefficient (Wildman–Crippen LogP) is 4.57. The fraction of sp³-hybridized carbons (Fsp3) is 0.217. The van der Waals surface area contributed by atoms with Gasteiger partial charge in [-0.1, -0.05) is 23.7 Å². The Morgan fingerprint density at radius 1 is 1.25 bits per heavy atom. The lowest BCUT2D eigenvalue weighted by molar-refractivity contribution is -0.142. The first kappa shape index (κ1) is 21.6. The van der Waals surface area contributed by atoms with Crippen LogP contribution >= 0.6 is 11.6 Å². The number of aryl methyl sites for hydroxylation is 1. The van der Waals surface area contributed by atoms with E-state index in [1.165, 1.54) is 6.20 Å². The summed E-state index contributed by atoms with van der Waals surface area (Å²) in [6.07, 6.45) is 7.34. The van der Waals surface area contributed by atoms with E-state index < -0.39 is 0 Å². The van der Waals surface area contributed by atoms with Crippen LogP contribution in [0.5, 0.6) is 11.6 Å². The number of benzene rings is 1. The number of fused-ring (bicyclic) bond motifs is 1. The highest BCUT2D eigenvalue weighted by Gasteiger charge is 2.16. The van der Waals surface area contributed by atoms with Crippen LogP contribution in [0.15, 0.2) is 42.6 Å². The van der Waals surface area contributed by atoms with Crippen molar-refractivity contribution in [3.05, 3.63) is 70.4 Å². The number of halogens is 1. The van der Waals surface area contributed by atoms with E-state index in [1.807, 2.05) is 12.2 Å². The number of amides is 1. The summed E-state index contributed by atoms with van der Waals surface area (Å²) in [6, 6.07) is 8.35. The molecule has 0 aliphatic heterocycles. The van der Waals surface area contributed by atoms with Gasteiger partial charge in [-0.2, -0.15) is 0 Å². The maximum atomic E-state index is 12.5. The lowest BCUT2D eigenvalue weighted by Gasteiger charge is -2.09. The molecular formula is C23H21ClN4O4. The summed E-state index contributed by atoms with van der Waals surface area (Å²) >= 11 is 6.27. The average molecular weight is 453 g/mol. The van der Waals surface area contributed by atoms with Crippen molar-refractivity contribution in [2.24, 2.45) is 0 Å². The number of carbonyl (C=O) groups is 2. The molecule has 3 aromatic rings. The fourth-order valence-electron chi connectivity index (χ4n) is 3.21. The minimum Gasteiger partial charge on any atom is -0.466 e. The van der Waals surface area contributed by atoms with Crippen molar-refractivity contribution < 1.29 is 19.1 Å². The third kappa shape index (κ3) is 5.15. The lowest BCUT2D eigenvalue weighted by atomic mass is 10.1. The molecule has 1 aliphatic rings. The van der Waals surface area contributed by atoms with Gasteiger partial charge in [-0.25, -0.2) is 9.97 Å². The number of imidazole rings is 1. The van der Waals surface area contributed by atoms with Gasteiger partial charge in [0, 0.05) is 11.8 Å². The predicted molar refractivity (Wildman–Crippen MR) is 120 cm³/mol. The number of aromatic nitrogens is 3. The van der Waals surface area contributed by atoms with Gasteiger partial charge in [-0.05, 0) is 49.6 Å². The van der Waals surface area contributed by atoms with Crippen LogP contribution in [0.2, 0.25) is 5.02 Å². The Balaban J connectivity index is 1.37. The van der Waals surface area contributed by atoms with Gasteiger partial charge in [0.15, 0.2) is 5.82 Å². The Bertz CT molecular complexity index is 1170. The molecule has 0 bridgehead atoms. The first-order chi connectivity index (χ1) is 15.5. The van der Waals surface area contributed by atoms with Crippen molar-refractivity contribution in [1.82, 2.24) is 15.0 Å². The molecule has 0 spiro atoms. The van der Waals surface area contributed by atoms with Crippen LogP contribution < -0.4 is 10.1 Å². The number of carbonyl (C=O) groups excluding carboxylic acids is 2. The molecule has 8 nitrogen and oxygen atoms in total. The summed E-state index contributed by atoms with van der Waals surface area (Å²) in [7, 11) is 0. The standard InChI is InChI=1S/C23H21ClN4O4/c1-2-31-21(29)12-14-7-9-19(16(24)11-14)32-20-10-8-15(13-25-20)26-23(30)22-27-17-5-3-4-6-18(17)28-22/h3,5,7-11,13H,2,4,6,12H2,1H3,(H,26,30)(H,27,28). The van der Waals surface area contributed by atoms with Crippen LogP contribution in [-0.2, 0) is 22.4 Å². The van der Waals surface area contributed by atoms with Gasteiger partial charge in [0.1, 0.15) is 5.75 Å². The third-order valence-electron chi connectivity index (χ3n) is 4.72. The van der Waals surface area contributed by atoms with E-state index in [9.17, 15) is 9.59 Å². The van der Waals surface area contributed by atoms with Crippen LogP contribution in [0.3, 0.4) is 0 Å². The van der Waals surface area contributed by atoms with Crippen LogP contribution in [0.4, 0.5) is 5.69 Å². The van der Waals surface area contributed by atoms with Gasteiger partial charge in [-0.3, -0.25) is 9.59 Å². The maximum Gasteiger partial charge on any atom is 0.310 e. The number of esters is 1. The SMILES string of the molecule is CCOC(=O)Cc1ccc(Oc2ccc(NC(=O)c3nc4c([nH]3)CCC=C4)cn2)c(Cl)c1. The molecule has 1 amide bonds. The summed E-state index contributed by atoms with van der Waals surface area (Å²) in [6.45, 7) is 2.09. The number of H-pyrrole nitrogens is 1. The molecule has 2 N–H and O–H groups in total. The Labute approximate surface area is 189 Å². The van der Waals surface area contributed by atoms with Crippen molar-refractivity contribution in [3.8, 4) is 11.6 Å². The van der Waals surface area contributed by atoms with E-state index in [0.717, 1.165) is 29.8 Å². The average Bonchev–Trinajstić information content (AvgIpc) is 3.22. The summed E-state index contributed by atoms with van der Waals surface area (Å²) < 4.78 is 10.7. The molecule has 0 atom stereocenters. The second-order valence-electron chi connectivity index (χ2n) is 7.08. The van der Waals surface area contributed by atoms with Gasteiger partial charge in [-0.15, -0.1) is 0 Å². The molecule has 2 aromatic heterocycles. The largest absolute Gasteiger partial charge is 0.466 e.